The number of aromatic nitrogens is 1. The number of non-ortho nitro benzene ring substituents is 1. The summed E-state index contributed by atoms with van der Waals surface area (Å²) in [5.74, 6) is 0.876. The van der Waals surface area contributed by atoms with Crippen molar-refractivity contribution in [3.8, 4) is 0 Å². The third kappa shape index (κ3) is 4.93. The van der Waals surface area contributed by atoms with Gasteiger partial charge in [-0.25, -0.2) is 4.98 Å². The lowest BCUT2D eigenvalue weighted by molar-refractivity contribution is -0.384. The van der Waals surface area contributed by atoms with Gasteiger partial charge in [0.15, 0.2) is 0 Å². The first kappa shape index (κ1) is 21.0. The molecule has 3 heterocycles. The quantitative estimate of drug-likeness (QED) is 0.559. The molecule has 4 rings (SSSR count). The second kappa shape index (κ2) is 9.30. The topological polar surface area (TPSA) is 109 Å². The summed E-state index contributed by atoms with van der Waals surface area (Å²) in [5, 5.41) is 11.1. The molecule has 0 radical (unpaired) electrons. The Morgan fingerprint density at radius 3 is 2.61 bits per heavy atom. The predicted molar refractivity (Wildman–Crippen MR) is 119 cm³/mol. The summed E-state index contributed by atoms with van der Waals surface area (Å²) in [5.41, 5.74) is 6.33. The number of rotatable bonds is 6. The number of nitrogens with two attached hydrogens (primary N) is 1. The first-order chi connectivity index (χ1) is 15.0. The fourth-order valence-corrected chi connectivity index (χ4v) is 4.61. The Labute approximate surface area is 181 Å². The Morgan fingerprint density at radius 2 is 1.94 bits per heavy atom. The van der Waals surface area contributed by atoms with Crippen molar-refractivity contribution in [3.05, 3.63) is 58.3 Å². The van der Waals surface area contributed by atoms with E-state index in [-0.39, 0.29) is 11.3 Å². The van der Waals surface area contributed by atoms with Gasteiger partial charge in [-0.15, -0.1) is 0 Å². The van der Waals surface area contributed by atoms with Gasteiger partial charge in [0.1, 0.15) is 5.82 Å². The number of piperazine rings is 1. The number of amides is 1. The minimum Gasteiger partial charge on any atom is -0.371 e. The molecule has 2 N–H and O–H groups in total. The highest BCUT2D eigenvalue weighted by atomic mass is 16.6. The van der Waals surface area contributed by atoms with Crippen LogP contribution in [0.1, 0.15) is 23.2 Å². The van der Waals surface area contributed by atoms with E-state index in [1.54, 1.807) is 6.07 Å². The number of pyridine rings is 1. The minimum atomic E-state index is -0.633. The highest BCUT2D eigenvalue weighted by Crippen LogP contribution is 2.30. The van der Waals surface area contributed by atoms with Crippen LogP contribution in [0.3, 0.4) is 0 Å². The van der Waals surface area contributed by atoms with E-state index in [2.05, 4.69) is 25.8 Å². The number of nitrogens with zero attached hydrogens (tertiary/aromatic N) is 5. The predicted octanol–water partition coefficient (Wildman–Crippen LogP) is 2.13. The maximum Gasteiger partial charge on any atom is 0.270 e. The van der Waals surface area contributed by atoms with E-state index in [1.807, 2.05) is 18.3 Å². The van der Waals surface area contributed by atoms with Crippen LogP contribution in [-0.4, -0.2) is 66.5 Å². The van der Waals surface area contributed by atoms with E-state index < -0.39 is 10.8 Å². The molecule has 2 saturated heterocycles. The molecule has 0 spiro atoms. The molecule has 1 atom stereocenters. The average molecular weight is 425 g/mol. The van der Waals surface area contributed by atoms with Gasteiger partial charge in [-0.2, -0.15) is 0 Å². The number of carbonyl (C=O) groups is 1. The zero-order valence-electron chi connectivity index (χ0n) is 17.5. The van der Waals surface area contributed by atoms with Gasteiger partial charge in [-0.3, -0.25) is 19.8 Å². The monoisotopic (exact) mass is 424 g/mol. The van der Waals surface area contributed by atoms with Crippen LogP contribution in [0, 0.1) is 16.0 Å². The summed E-state index contributed by atoms with van der Waals surface area (Å²) in [7, 11) is 0. The summed E-state index contributed by atoms with van der Waals surface area (Å²) >= 11 is 0. The number of carbonyl (C=O) groups excluding carboxylic acids is 1. The Morgan fingerprint density at radius 1 is 1.13 bits per heavy atom. The molecule has 9 heteroatoms. The molecular formula is C22H28N6O3. The van der Waals surface area contributed by atoms with Crippen LogP contribution >= 0.6 is 0 Å². The van der Waals surface area contributed by atoms with Crippen molar-refractivity contribution in [2.75, 3.05) is 55.6 Å². The van der Waals surface area contributed by atoms with Crippen molar-refractivity contribution >= 4 is 23.1 Å². The third-order valence-electron chi connectivity index (χ3n) is 6.18. The van der Waals surface area contributed by atoms with Crippen molar-refractivity contribution in [1.82, 2.24) is 9.88 Å². The Balaban J connectivity index is 1.37. The molecular weight excluding hydrogens is 396 g/mol. The molecule has 0 saturated carbocycles. The molecule has 2 aliphatic heterocycles. The molecule has 0 bridgehead atoms. The number of hydrogen-bond acceptors (Lipinski definition) is 7. The van der Waals surface area contributed by atoms with Gasteiger partial charge in [0.05, 0.1) is 16.2 Å². The SMILES string of the molecule is NC(=O)c1cc([N+](=O)[O-])ccc1N1CCCC(CN2CCN(c3ccccn3)CC2)C1. The number of primary amides is 1. The first-order valence-electron chi connectivity index (χ1n) is 10.7. The molecule has 31 heavy (non-hydrogen) atoms. The standard InChI is InChI=1S/C22H28N6O3/c23-22(29)19-14-18(28(30)31)6-7-20(19)27-9-3-4-17(16-27)15-25-10-12-26(13-11-25)21-5-1-2-8-24-21/h1-2,5-8,14,17H,3-4,9-13,15-16H2,(H2,23,29). The molecule has 1 aromatic carbocycles. The summed E-state index contributed by atoms with van der Waals surface area (Å²) in [6, 6.07) is 10.4. The second-order valence-electron chi connectivity index (χ2n) is 8.25. The zero-order valence-corrected chi connectivity index (χ0v) is 17.5. The van der Waals surface area contributed by atoms with Gasteiger partial charge in [-0.05, 0) is 37.0 Å². The summed E-state index contributed by atoms with van der Waals surface area (Å²) in [6.45, 7) is 6.56. The summed E-state index contributed by atoms with van der Waals surface area (Å²) < 4.78 is 0. The number of nitro groups is 1. The fourth-order valence-electron chi connectivity index (χ4n) is 4.61. The van der Waals surface area contributed by atoms with Gasteiger partial charge in [0.2, 0.25) is 0 Å². The Bertz CT molecular complexity index is 930. The van der Waals surface area contributed by atoms with Crippen LogP contribution in [0.4, 0.5) is 17.2 Å². The lowest BCUT2D eigenvalue weighted by Crippen LogP contribution is -2.50. The molecule has 1 amide bonds. The van der Waals surface area contributed by atoms with E-state index >= 15 is 0 Å². The fraction of sp³-hybridized carbons (Fsp3) is 0.455. The van der Waals surface area contributed by atoms with Crippen molar-refractivity contribution < 1.29 is 9.72 Å². The van der Waals surface area contributed by atoms with E-state index in [1.165, 1.54) is 12.1 Å². The Kier molecular flexibility index (Phi) is 6.31. The highest BCUT2D eigenvalue weighted by molar-refractivity contribution is 5.99. The van der Waals surface area contributed by atoms with Gasteiger partial charge in [0, 0.05) is 64.1 Å². The lowest BCUT2D eigenvalue weighted by atomic mass is 9.95. The number of hydrogen-bond donors (Lipinski definition) is 1. The Hall–Kier alpha value is -3.20. The van der Waals surface area contributed by atoms with Crippen LogP contribution in [0.2, 0.25) is 0 Å². The minimum absolute atomic E-state index is 0.114. The van der Waals surface area contributed by atoms with E-state index in [0.29, 0.717) is 11.6 Å². The molecule has 164 valence electrons. The normalized spacial score (nSPS) is 19.9. The van der Waals surface area contributed by atoms with E-state index in [0.717, 1.165) is 64.5 Å². The van der Waals surface area contributed by atoms with E-state index in [4.69, 9.17) is 5.73 Å². The van der Waals surface area contributed by atoms with Gasteiger partial charge >= 0.3 is 0 Å². The number of benzene rings is 1. The molecule has 1 unspecified atom stereocenters. The zero-order chi connectivity index (χ0) is 21.8. The smallest absolute Gasteiger partial charge is 0.270 e. The van der Waals surface area contributed by atoms with Crippen LogP contribution in [-0.2, 0) is 0 Å². The van der Waals surface area contributed by atoms with Gasteiger partial charge in [-0.1, -0.05) is 6.07 Å². The highest BCUT2D eigenvalue weighted by Gasteiger charge is 2.27. The number of nitro benzene ring substituents is 1. The largest absolute Gasteiger partial charge is 0.371 e. The van der Waals surface area contributed by atoms with Crippen LogP contribution in [0.5, 0.6) is 0 Å². The van der Waals surface area contributed by atoms with E-state index in [9.17, 15) is 14.9 Å². The third-order valence-corrected chi connectivity index (χ3v) is 6.18. The van der Waals surface area contributed by atoms with Crippen molar-refractivity contribution in [2.45, 2.75) is 12.8 Å². The molecule has 0 aliphatic carbocycles. The van der Waals surface area contributed by atoms with Gasteiger partial charge < -0.3 is 15.5 Å². The molecule has 2 aliphatic rings. The lowest BCUT2D eigenvalue weighted by Gasteiger charge is -2.40. The average Bonchev–Trinajstić information content (AvgIpc) is 2.80. The number of anilines is 2. The van der Waals surface area contributed by atoms with Crippen molar-refractivity contribution in [3.63, 3.8) is 0 Å². The number of piperidine rings is 1. The van der Waals surface area contributed by atoms with Crippen LogP contribution < -0.4 is 15.5 Å². The summed E-state index contributed by atoms with van der Waals surface area (Å²) in [4.78, 5) is 33.9. The van der Waals surface area contributed by atoms with Crippen LogP contribution in [0.25, 0.3) is 0 Å². The molecule has 2 aromatic rings. The van der Waals surface area contributed by atoms with Gasteiger partial charge in [0.25, 0.3) is 11.6 Å². The molecule has 1 aromatic heterocycles. The molecule has 9 nitrogen and oxygen atoms in total. The van der Waals surface area contributed by atoms with Crippen molar-refractivity contribution in [2.24, 2.45) is 11.7 Å². The maximum absolute atomic E-state index is 11.9. The molecule has 2 fully saturated rings. The summed E-state index contributed by atoms with van der Waals surface area (Å²) in [6.07, 6.45) is 3.99. The van der Waals surface area contributed by atoms with Crippen LogP contribution in [0.15, 0.2) is 42.6 Å². The first-order valence-corrected chi connectivity index (χ1v) is 10.7. The maximum atomic E-state index is 11.9. The van der Waals surface area contributed by atoms with Crippen molar-refractivity contribution in [1.29, 1.82) is 0 Å². The second-order valence-corrected chi connectivity index (χ2v) is 8.25.